The van der Waals surface area contributed by atoms with Gasteiger partial charge in [-0.15, -0.1) is 0 Å². The minimum absolute atomic E-state index is 0.896. The van der Waals surface area contributed by atoms with Gasteiger partial charge in [-0.25, -0.2) is 0 Å². The molecule has 12 rings (SSSR count). The number of hydrogen-bond acceptors (Lipinski definition) is 2. The minimum Gasteiger partial charge on any atom is -0.455 e. The fourth-order valence-electron chi connectivity index (χ4n) is 9.31. The first kappa shape index (κ1) is 34.9. The molecule has 0 aliphatic rings. The molecule has 0 N–H and O–H groups in total. The van der Waals surface area contributed by atoms with Gasteiger partial charge in [-0.2, -0.15) is 0 Å². The highest BCUT2D eigenvalue weighted by molar-refractivity contribution is 6.11. The van der Waals surface area contributed by atoms with Crippen LogP contribution in [0.1, 0.15) is 0 Å². The molecule has 286 valence electrons. The molecular weight excluding hydrogens is 741 g/mol. The third-order valence-electron chi connectivity index (χ3n) is 12.2. The molecule has 0 bridgehead atoms. The number of para-hydroxylation sites is 5. The lowest BCUT2D eigenvalue weighted by Crippen LogP contribution is -2.10. The molecule has 2 aromatic heterocycles. The monoisotopic (exact) mass is 778 g/mol. The number of benzene rings is 10. The van der Waals surface area contributed by atoms with Crippen LogP contribution in [0, 0.1) is 0 Å². The third kappa shape index (κ3) is 5.90. The van der Waals surface area contributed by atoms with Crippen molar-refractivity contribution in [2.45, 2.75) is 0 Å². The molecule has 61 heavy (non-hydrogen) atoms. The maximum Gasteiger partial charge on any atom is 0.143 e. The molecule has 12 aromatic rings. The topological polar surface area (TPSA) is 21.3 Å². The zero-order valence-electron chi connectivity index (χ0n) is 33.2. The zero-order valence-corrected chi connectivity index (χ0v) is 33.2. The van der Waals surface area contributed by atoms with Crippen molar-refractivity contribution >= 4 is 71.6 Å². The first-order valence-corrected chi connectivity index (χ1v) is 20.8. The summed E-state index contributed by atoms with van der Waals surface area (Å²) in [6, 6.07) is 83.0. The van der Waals surface area contributed by atoms with E-state index in [2.05, 4.69) is 228 Å². The zero-order chi connectivity index (χ0) is 40.3. The molecule has 10 aromatic carbocycles. The summed E-state index contributed by atoms with van der Waals surface area (Å²) in [4.78, 5) is 2.37. The summed E-state index contributed by atoms with van der Waals surface area (Å²) >= 11 is 0. The molecule has 0 aliphatic heterocycles. The van der Waals surface area contributed by atoms with Gasteiger partial charge in [-0.05, 0) is 99.8 Å². The summed E-state index contributed by atoms with van der Waals surface area (Å²) in [5, 5.41) is 7.22. The lowest BCUT2D eigenvalue weighted by atomic mass is 9.99. The highest BCUT2D eigenvalue weighted by Crippen LogP contribution is 2.43. The van der Waals surface area contributed by atoms with Gasteiger partial charge in [0.2, 0.25) is 0 Å². The van der Waals surface area contributed by atoms with E-state index in [4.69, 9.17) is 4.42 Å². The molecule has 0 amide bonds. The SMILES string of the molecule is c1cc(-c2ccccc2-n2c3ccccc3c3ccccc32)cc(N(c2ccc(-c3ccc4ccccc4c3)cc2)c2cccc(-c3cccc4c3oc3ccccc34)c2)c1. The highest BCUT2D eigenvalue weighted by Gasteiger charge is 2.19. The van der Waals surface area contributed by atoms with Crippen LogP contribution < -0.4 is 4.90 Å². The molecule has 0 saturated carbocycles. The van der Waals surface area contributed by atoms with Crippen LogP contribution in [0.3, 0.4) is 0 Å². The van der Waals surface area contributed by atoms with E-state index in [1.165, 1.54) is 43.7 Å². The van der Waals surface area contributed by atoms with Crippen LogP contribution in [-0.4, -0.2) is 4.57 Å². The van der Waals surface area contributed by atoms with Crippen molar-refractivity contribution in [2.75, 3.05) is 4.90 Å². The van der Waals surface area contributed by atoms with Gasteiger partial charge in [0, 0.05) is 49.7 Å². The van der Waals surface area contributed by atoms with Gasteiger partial charge in [-0.1, -0.05) is 164 Å². The van der Waals surface area contributed by atoms with Crippen LogP contribution in [0.25, 0.3) is 93.6 Å². The van der Waals surface area contributed by atoms with Crippen LogP contribution >= 0.6 is 0 Å². The van der Waals surface area contributed by atoms with Crippen molar-refractivity contribution in [3.63, 3.8) is 0 Å². The van der Waals surface area contributed by atoms with Gasteiger partial charge in [0.25, 0.3) is 0 Å². The normalized spacial score (nSPS) is 11.6. The first-order valence-electron chi connectivity index (χ1n) is 20.8. The second-order valence-corrected chi connectivity index (χ2v) is 15.7. The van der Waals surface area contributed by atoms with E-state index < -0.39 is 0 Å². The average molecular weight is 779 g/mol. The fraction of sp³-hybridized carbons (Fsp3) is 0. The molecule has 2 heterocycles. The van der Waals surface area contributed by atoms with Crippen LogP contribution in [0.15, 0.2) is 235 Å². The van der Waals surface area contributed by atoms with Crippen molar-refractivity contribution in [1.82, 2.24) is 4.57 Å². The molecule has 0 aliphatic carbocycles. The summed E-state index contributed by atoms with van der Waals surface area (Å²) in [7, 11) is 0. The fourth-order valence-corrected chi connectivity index (χ4v) is 9.31. The largest absolute Gasteiger partial charge is 0.455 e. The van der Waals surface area contributed by atoms with E-state index in [-0.39, 0.29) is 0 Å². The van der Waals surface area contributed by atoms with E-state index in [1.54, 1.807) is 0 Å². The quantitative estimate of drug-likeness (QED) is 0.161. The predicted molar refractivity (Wildman–Crippen MR) is 257 cm³/mol. The Hall–Kier alpha value is -8.14. The number of aromatic nitrogens is 1. The number of rotatable bonds is 7. The molecule has 3 heteroatoms. The summed E-state index contributed by atoms with van der Waals surface area (Å²) in [6.45, 7) is 0. The van der Waals surface area contributed by atoms with Crippen molar-refractivity contribution in [3.05, 3.63) is 231 Å². The Bertz CT molecular complexity index is 3560. The van der Waals surface area contributed by atoms with Crippen molar-refractivity contribution < 1.29 is 4.42 Å². The van der Waals surface area contributed by atoms with E-state index in [9.17, 15) is 0 Å². The Labute approximate surface area is 353 Å². The highest BCUT2D eigenvalue weighted by atomic mass is 16.3. The van der Waals surface area contributed by atoms with Crippen LogP contribution in [-0.2, 0) is 0 Å². The molecule has 0 radical (unpaired) electrons. The summed E-state index contributed by atoms with van der Waals surface area (Å²) in [5.74, 6) is 0. The number of hydrogen-bond donors (Lipinski definition) is 0. The molecular formula is C58H38N2O. The number of furan rings is 1. The van der Waals surface area contributed by atoms with E-state index in [0.29, 0.717) is 0 Å². The van der Waals surface area contributed by atoms with Crippen LogP contribution in [0.5, 0.6) is 0 Å². The van der Waals surface area contributed by atoms with E-state index in [0.717, 1.165) is 66.9 Å². The molecule has 3 nitrogen and oxygen atoms in total. The second kappa shape index (κ2) is 14.3. The van der Waals surface area contributed by atoms with E-state index in [1.807, 2.05) is 12.1 Å². The smallest absolute Gasteiger partial charge is 0.143 e. The Morgan fingerprint density at radius 3 is 1.64 bits per heavy atom. The molecule has 0 spiro atoms. The standard InChI is InChI=1S/C58H38N2O/c1-2-15-41-36-42(31-30-39(41)14-1)40-32-34-45(35-33-40)59(47-19-12-17-44(38-47)49-24-13-25-53-52-23-6-10-29-57(52)61-58(49)53)46-18-11-16-43(37-46)48-20-3-7-26-54(48)60-55-27-8-4-21-50(55)51-22-5-9-28-56(51)60/h1-38H. The minimum atomic E-state index is 0.896. The Kier molecular flexibility index (Phi) is 8.17. The van der Waals surface area contributed by atoms with Crippen molar-refractivity contribution in [3.8, 4) is 39.1 Å². The van der Waals surface area contributed by atoms with Gasteiger partial charge in [-0.3, -0.25) is 0 Å². The molecule has 0 saturated heterocycles. The van der Waals surface area contributed by atoms with Gasteiger partial charge in [0.1, 0.15) is 11.2 Å². The van der Waals surface area contributed by atoms with Gasteiger partial charge >= 0.3 is 0 Å². The van der Waals surface area contributed by atoms with Gasteiger partial charge in [0.05, 0.1) is 16.7 Å². The van der Waals surface area contributed by atoms with Crippen LogP contribution in [0.2, 0.25) is 0 Å². The summed E-state index contributed by atoms with van der Waals surface area (Å²) in [5.41, 5.74) is 15.3. The average Bonchev–Trinajstić information content (AvgIpc) is 3.88. The van der Waals surface area contributed by atoms with Crippen LogP contribution in [0.4, 0.5) is 17.1 Å². The molecule has 0 fully saturated rings. The molecule has 0 unspecified atom stereocenters. The Morgan fingerprint density at radius 2 is 0.885 bits per heavy atom. The predicted octanol–water partition coefficient (Wildman–Crippen LogP) is 16.3. The lowest BCUT2D eigenvalue weighted by molar-refractivity contribution is 0.670. The maximum atomic E-state index is 6.53. The second-order valence-electron chi connectivity index (χ2n) is 15.7. The Morgan fingerprint density at radius 1 is 0.328 bits per heavy atom. The number of fused-ring (bicyclic) bond motifs is 7. The lowest BCUT2D eigenvalue weighted by Gasteiger charge is -2.27. The van der Waals surface area contributed by atoms with E-state index >= 15 is 0 Å². The maximum absolute atomic E-state index is 6.53. The third-order valence-corrected chi connectivity index (χ3v) is 12.2. The van der Waals surface area contributed by atoms with Gasteiger partial charge < -0.3 is 13.9 Å². The first-order chi connectivity index (χ1) is 30.2. The number of anilines is 3. The summed E-state index contributed by atoms with van der Waals surface area (Å²) in [6.07, 6.45) is 0. The summed E-state index contributed by atoms with van der Waals surface area (Å²) < 4.78 is 8.95. The van der Waals surface area contributed by atoms with Crippen molar-refractivity contribution in [2.24, 2.45) is 0 Å². The Balaban J connectivity index is 1.02. The van der Waals surface area contributed by atoms with Crippen molar-refractivity contribution in [1.29, 1.82) is 0 Å². The van der Waals surface area contributed by atoms with Gasteiger partial charge in [0.15, 0.2) is 0 Å². The molecule has 0 atom stereocenters. The number of nitrogens with zero attached hydrogens (tertiary/aromatic N) is 2.